The summed E-state index contributed by atoms with van der Waals surface area (Å²) in [5.41, 5.74) is 5.67. The van der Waals surface area contributed by atoms with Crippen LogP contribution in [0.4, 0.5) is 27.7 Å². The van der Waals surface area contributed by atoms with E-state index in [1.807, 2.05) is 32.3 Å². The number of ether oxygens (including phenoxy) is 1. The number of amides is 1. The first kappa shape index (κ1) is 42.3. The van der Waals surface area contributed by atoms with Gasteiger partial charge in [-0.3, -0.25) is 19.1 Å². The summed E-state index contributed by atoms with van der Waals surface area (Å²) in [5, 5.41) is 14.6. The van der Waals surface area contributed by atoms with Crippen molar-refractivity contribution in [2.75, 3.05) is 48.1 Å². The largest absolute Gasteiger partial charge is 0.481 e. The van der Waals surface area contributed by atoms with Gasteiger partial charge >= 0.3 is 5.97 Å². The summed E-state index contributed by atoms with van der Waals surface area (Å²) in [6, 6.07) is 1.72. The maximum atomic E-state index is 14.5. The zero-order chi connectivity index (χ0) is 39.0. The van der Waals surface area contributed by atoms with Gasteiger partial charge in [0.25, 0.3) is 5.91 Å². The van der Waals surface area contributed by atoms with Crippen LogP contribution < -0.4 is 30.8 Å². The summed E-state index contributed by atoms with van der Waals surface area (Å²) >= 11 is 7.01. The second kappa shape index (κ2) is 17.6. The van der Waals surface area contributed by atoms with Crippen molar-refractivity contribution in [3.8, 4) is 18.1 Å². The number of fused-ring (bicyclic) bond motifs is 2. The fourth-order valence-electron chi connectivity index (χ4n) is 4.73. The van der Waals surface area contributed by atoms with Crippen LogP contribution in [0.15, 0.2) is 17.1 Å². The molecule has 2 aromatic heterocycles. The van der Waals surface area contributed by atoms with Crippen LogP contribution in [0.2, 0.25) is 5.28 Å². The van der Waals surface area contributed by atoms with Crippen molar-refractivity contribution in [2.45, 2.75) is 72.5 Å². The van der Waals surface area contributed by atoms with Gasteiger partial charge in [-0.05, 0) is 57.2 Å². The highest BCUT2D eigenvalue weighted by atomic mass is 35.5. The first-order chi connectivity index (χ1) is 24.1. The number of benzene rings is 1. The minimum atomic E-state index is -3.10. The van der Waals surface area contributed by atoms with Gasteiger partial charge in [-0.1, -0.05) is 19.8 Å². The summed E-state index contributed by atoms with van der Waals surface area (Å²) in [7, 11) is -3.10. The van der Waals surface area contributed by atoms with Crippen LogP contribution in [0.5, 0.6) is 5.75 Å². The van der Waals surface area contributed by atoms with Gasteiger partial charge < -0.3 is 35.7 Å². The van der Waals surface area contributed by atoms with E-state index in [0.29, 0.717) is 28.1 Å². The maximum Gasteiger partial charge on any atom is 0.320 e. The molecule has 0 saturated heterocycles. The molecule has 52 heavy (non-hydrogen) atoms. The Balaban J connectivity index is 0.000000238. The van der Waals surface area contributed by atoms with E-state index in [1.165, 1.54) is 35.2 Å². The average molecular weight is 783 g/mol. The number of carbonyl (C=O) groups is 2. The fraction of sp³-hybridized carbons (Fsp3) is 0.531. The van der Waals surface area contributed by atoms with Gasteiger partial charge in [0.2, 0.25) is 22.0 Å². The molecule has 284 valence electrons. The Bertz CT molecular complexity index is 1920. The SMILES string of the molecule is C#CCN1C(=O)COc2cc(F)c(N=c3snc4n3CC(C)(C)C4)cc21.CCNc1nc(Cl)nc(NC(C)(C)C)n1.CP(=O)(O)CCC(N)C(=O)O. The van der Waals surface area contributed by atoms with Crippen molar-refractivity contribution in [1.82, 2.24) is 23.9 Å². The van der Waals surface area contributed by atoms with Crippen molar-refractivity contribution < 1.29 is 33.3 Å². The molecular formula is C32H45ClFN10O6PS. The number of carboxylic acid groups (broad SMARTS) is 1. The third-order valence-corrected chi connectivity index (χ3v) is 9.07. The van der Waals surface area contributed by atoms with E-state index in [2.05, 4.69) is 54.7 Å². The van der Waals surface area contributed by atoms with Crippen molar-refractivity contribution >= 4 is 65.7 Å². The minimum Gasteiger partial charge on any atom is -0.481 e. The van der Waals surface area contributed by atoms with E-state index >= 15 is 0 Å². The van der Waals surface area contributed by atoms with Gasteiger partial charge in [0.15, 0.2) is 19.8 Å². The van der Waals surface area contributed by atoms with E-state index in [9.17, 15) is 18.5 Å². The van der Waals surface area contributed by atoms with Crippen LogP contribution in [-0.4, -0.2) is 89.9 Å². The lowest BCUT2D eigenvalue weighted by molar-refractivity contribution is -0.138. The quantitative estimate of drug-likeness (QED) is 0.153. The normalized spacial score (nSPS) is 16.4. The standard InChI is InChI=1S/C18H17FN4O2S.C9H16ClN5.C5H12NO4P/c1-4-5-22-13-7-12(11(19)6-14(13)25-9-16(22)24)20-17-23-10-18(2,3)8-15(23)21-26-17;1-5-11-7-12-6(10)13-8(14-7)15-9(2,3)4;1-11(9,10)3-2-4(6)5(7)8/h1,6-7H,5,8-10H2,2-3H3;5H2,1-4H3,(H2,11,12,13,14,15);4H,2-3,6H2,1H3,(H,7,8)(H,9,10). The zero-order valence-corrected chi connectivity index (χ0v) is 32.6. The molecule has 0 radical (unpaired) electrons. The van der Waals surface area contributed by atoms with Crippen LogP contribution in [0.25, 0.3) is 0 Å². The molecule has 0 aliphatic carbocycles. The summed E-state index contributed by atoms with van der Waals surface area (Å²) in [6.07, 6.45) is 6.22. The number of aliphatic carboxylic acids is 1. The molecule has 2 aliphatic rings. The van der Waals surface area contributed by atoms with Gasteiger partial charge in [-0.2, -0.15) is 19.3 Å². The van der Waals surface area contributed by atoms with E-state index in [0.717, 1.165) is 25.3 Å². The average Bonchev–Trinajstić information content (AvgIpc) is 3.52. The Kier molecular flexibility index (Phi) is 14.3. The number of halogens is 2. The molecule has 2 unspecified atom stereocenters. The van der Waals surface area contributed by atoms with Crippen LogP contribution in [0.1, 0.15) is 53.8 Å². The molecule has 1 aromatic carbocycles. The Labute approximate surface area is 310 Å². The Morgan fingerprint density at radius 1 is 1.31 bits per heavy atom. The van der Waals surface area contributed by atoms with Crippen molar-refractivity contribution in [1.29, 1.82) is 0 Å². The number of rotatable bonds is 9. The van der Waals surface area contributed by atoms with E-state index in [4.69, 9.17) is 38.5 Å². The number of hydrogen-bond donors (Lipinski definition) is 5. The molecule has 2 atom stereocenters. The smallest absolute Gasteiger partial charge is 0.320 e. The highest BCUT2D eigenvalue weighted by molar-refractivity contribution is 7.57. The third-order valence-electron chi connectivity index (χ3n) is 7.04. The van der Waals surface area contributed by atoms with Crippen LogP contribution in [0.3, 0.4) is 0 Å². The molecule has 6 N–H and O–H groups in total. The molecule has 0 fully saturated rings. The van der Waals surface area contributed by atoms with E-state index < -0.39 is 25.2 Å². The number of aromatic nitrogens is 5. The summed E-state index contributed by atoms with van der Waals surface area (Å²) < 4.78 is 37.0. The van der Waals surface area contributed by atoms with Crippen LogP contribution >= 0.6 is 30.5 Å². The number of nitrogens with zero attached hydrogens (tertiary/aromatic N) is 7. The van der Waals surface area contributed by atoms with Crippen LogP contribution in [-0.2, 0) is 27.1 Å². The second-order valence-corrected chi connectivity index (χ2v) is 17.4. The predicted molar refractivity (Wildman–Crippen MR) is 199 cm³/mol. The lowest BCUT2D eigenvalue weighted by atomic mass is 9.92. The molecule has 20 heteroatoms. The van der Waals surface area contributed by atoms with Crippen molar-refractivity contribution in [3.63, 3.8) is 0 Å². The molecule has 4 heterocycles. The Hall–Kier alpha value is -4.14. The molecule has 16 nitrogen and oxygen atoms in total. The highest BCUT2D eigenvalue weighted by Crippen LogP contribution is 2.38. The molecule has 3 aromatic rings. The predicted octanol–water partition coefficient (Wildman–Crippen LogP) is 4.11. The second-order valence-electron chi connectivity index (χ2n) is 13.8. The monoisotopic (exact) mass is 782 g/mol. The zero-order valence-electron chi connectivity index (χ0n) is 30.1. The number of carbonyl (C=O) groups excluding carboxylic acids is 1. The first-order valence-corrected chi connectivity index (χ1v) is 19.6. The number of carboxylic acids is 1. The molecule has 2 aliphatic heterocycles. The molecule has 0 spiro atoms. The number of terminal acetylenes is 1. The molecule has 0 bridgehead atoms. The number of anilines is 3. The van der Waals surface area contributed by atoms with Crippen molar-refractivity contribution in [3.05, 3.63) is 33.9 Å². The molecule has 0 saturated carbocycles. The summed E-state index contributed by atoms with van der Waals surface area (Å²) in [6.45, 7) is 15.0. The van der Waals surface area contributed by atoms with Crippen LogP contribution in [0, 0.1) is 23.6 Å². The lowest BCUT2D eigenvalue weighted by Crippen LogP contribution is -2.39. The molecule has 5 rings (SSSR count). The minimum absolute atomic E-state index is 0.0412. The third kappa shape index (κ3) is 12.8. The van der Waals surface area contributed by atoms with Gasteiger partial charge in [-0.25, -0.2) is 9.38 Å². The van der Waals surface area contributed by atoms with Gasteiger partial charge in [0.05, 0.1) is 12.2 Å². The van der Waals surface area contributed by atoms with Gasteiger partial charge in [0, 0.05) is 55.5 Å². The van der Waals surface area contributed by atoms with Gasteiger partial charge in [-0.15, -0.1) is 6.42 Å². The van der Waals surface area contributed by atoms with E-state index in [-0.39, 0.29) is 53.6 Å². The fourth-order valence-corrected chi connectivity index (χ4v) is 6.40. The summed E-state index contributed by atoms with van der Waals surface area (Å²) in [5.74, 6) is 2.76. The molecule has 1 amide bonds. The first-order valence-electron chi connectivity index (χ1n) is 16.1. The van der Waals surface area contributed by atoms with Crippen molar-refractivity contribution in [2.24, 2.45) is 16.1 Å². The number of hydrogen-bond acceptors (Lipinski definition) is 13. The number of nitrogens with two attached hydrogens (primary N) is 1. The summed E-state index contributed by atoms with van der Waals surface area (Å²) in [4.78, 5) is 49.6. The van der Waals surface area contributed by atoms with E-state index in [1.54, 1.807) is 0 Å². The lowest BCUT2D eigenvalue weighted by Gasteiger charge is -2.28. The molecular weight excluding hydrogens is 738 g/mol. The Morgan fingerprint density at radius 3 is 2.58 bits per heavy atom. The number of nitrogens with one attached hydrogen (secondary N) is 2. The maximum absolute atomic E-state index is 14.5. The van der Waals surface area contributed by atoms with Gasteiger partial charge in [0.1, 0.15) is 23.3 Å². The Morgan fingerprint density at radius 2 is 1.98 bits per heavy atom. The topological polar surface area (TPSA) is 223 Å². The highest BCUT2D eigenvalue weighted by Gasteiger charge is 2.31.